The molecule has 0 radical (unpaired) electrons. The number of aromatic nitrogens is 4. The molecule has 2 aromatic heterocycles. The van der Waals surface area contributed by atoms with Crippen molar-refractivity contribution in [2.75, 3.05) is 24.8 Å². The Morgan fingerprint density at radius 3 is 3.00 bits per heavy atom. The van der Waals surface area contributed by atoms with Crippen molar-refractivity contribution in [3.63, 3.8) is 0 Å². The largest absolute Gasteiger partial charge is 0.530 e. The number of allylic oxidation sites excluding steroid dienone is 1. The molecule has 1 aliphatic heterocycles. The van der Waals surface area contributed by atoms with Crippen LogP contribution in [-0.4, -0.2) is 39.3 Å². The van der Waals surface area contributed by atoms with Crippen LogP contribution >= 0.6 is 7.82 Å². The normalized spacial score (nSPS) is 25.8. The number of nitrogen functional groups attached to an aromatic ring is 1. The van der Waals surface area contributed by atoms with E-state index in [9.17, 15) is 4.57 Å². The lowest BCUT2D eigenvalue weighted by Gasteiger charge is -2.26. The number of imidazole rings is 1. The van der Waals surface area contributed by atoms with Crippen LogP contribution in [0.5, 0.6) is 11.5 Å². The van der Waals surface area contributed by atoms with Gasteiger partial charge in [-0.2, -0.15) is 9.97 Å². The van der Waals surface area contributed by atoms with Crippen LogP contribution in [0.4, 0.5) is 11.8 Å². The van der Waals surface area contributed by atoms with E-state index in [0.717, 1.165) is 24.8 Å². The van der Waals surface area contributed by atoms with E-state index in [1.54, 1.807) is 31.6 Å². The number of nitrogens with two attached hydrogens (primary N) is 1. The van der Waals surface area contributed by atoms with Crippen molar-refractivity contribution in [3.8, 4) is 11.5 Å². The van der Waals surface area contributed by atoms with Crippen LogP contribution in [0.2, 0.25) is 0 Å². The fourth-order valence-electron chi connectivity index (χ4n) is 4.21. The minimum absolute atomic E-state index is 0.0176. The zero-order chi connectivity index (χ0) is 23.3. The van der Waals surface area contributed by atoms with Gasteiger partial charge >= 0.3 is 7.82 Å². The summed E-state index contributed by atoms with van der Waals surface area (Å²) in [6.07, 6.45) is 8.84. The molecule has 0 bridgehead atoms. The van der Waals surface area contributed by atoms with Gasteiger partial charge in [0.05, 0.1) is 32.7 Å². The number of hydrogen-bond acceptors (Lipinski definition) is 10. The number of phosphoric ester groups is 1. The van der Waals surface area contributed by atoms with Gasteiger partial charge in [-0.15, -0.1) is 0 Å². The van der Waals surface area contributed by atoms with Gasteiger partial charge in [0.15, 0.2) is 17.0 Å². The maximum atomic E-state index is 13.0. The fraction of sp³-hybridized carbons (Fsp3) is 0.409. The highest BCUT2D eigenvalue weighted by Gasteiger charge is 2.36. The van der Waals surface area contributed by atoms with Gasteiger partial charge in [-0.3, -0.25) is 9.05 Å². The average molecular weight is 484 g/mol. The first kappa shape index (κ1) is 21.4. The standard InChI is InChI=1S/C22H25N6O5P/c1-30-17-6-7-18-14(9-17)11-32-34(29,33-18)31-10-13-2-5-16(8-13)28-12-24-19-20(25-15-3-4-15)26-22(23)27-21(19)28/h2,5-7,9,12-13,15-16H,3-4,8,10-11H2,1H3,(H3,23,25,26,27). The third-order valence-electron chi connectivity index (χ3n) is 6.17. The van der Waals surface area contributed by atoms with Crippen LogP contribution in [0.3, 0.4) is 0 Å². The van der Waals surface area contributed by atoms with Gasteiger partial charge in [0, 0.05) is 17.5 Å². The smallest absolute Gasteiger partial charge is 0.497 e. The number of nitrogens with one attached hydrogen (secondary N) is 1. The van der Waals surface area contributed by atoms with E-state index in [4.69, 9.17) is 24.0 Å². The molecule has 1 saturated carbocycles. The summed E-state index contributed by atoms with van der Waals surface area (Å²) in [4.78, 5) is 13.3. The molecule has 3 N–H and O–H groups in total. The molecule has 11 nitrogen and oxygen atoms in total. The molecule has 12 heteroatoms. The minimum Gasteiger partial charge on any atom is -0.497 e. The van der Waals surface area contributed by atoms with Crippen LogP contribution in [0.25, 0.3) is 11.2 Å². The number of hydrogen-bond donors (Lipinski definition) is 2. The first-order valence-corrected chi connectivity index (χ1v) is 12.7. The van der Waals surface area contributed by atoms with Crippen molar-refractivity contribution in [2.24, 2.45) is 5.92 Å². The van der Waals surface area contributed by atoms with E-state index in [2.05, 4.69) is 26.3 Å². The topological polar surface area (TPSA) is 136 Å². The van der Waals surface area contributed by atoms with E-state index in [0.29, 0.717) is 34.5 Å². The molecule has 6 rings (SSSR count). The van der Waals surface area contributed by atoms with Gasteiger partial charge < -0.3 is 24.9 Å². The monoisotopic (exact) mass is 484 g/mol. The number of fused-ring (bicyclic) bond motifs is 2. The maximum Gasteiger partial charge on any atom is 0.530 e. The summed E-state index contributed by atoms with van der Waals surface area (Å²) >= 11 is 0. The molecule has 34 heavy (non-hydrogen) atoms. The zero-order valence-electron chi connectivity index (χ0n) is 18.6. The summed E-state index contributed by atoms with van der Waals surface area (Å²) in [6.45, 7) is 0.334. The van der Waals surface area contributed by atoms with Gasteiger partial charge in [-0.25, -0.2) is 9.55 Å². The third-order valence-corrected chi connectivity index (χ3v) is 7.50. The number of ether oxygens (including phenoxy) is 1. The Labute approximate surface area is 195 Å². The van der Waals surface area contributed by atoms with Gasteiger partial charge in [0.25, 0.3) is 0 Å². The second kappa shape index (κ2) is 8.26. The van der Waals surface area contributed by atoms with Crippen molar-refractivity contribution >= 4 is 30.8 Å². The van der Waals surface area contributed by atoms with Gasteiger partial charge in [-0.1, -0.05) is 12.2 Å². The second-order valence-corrected chi connectivity index (χ2v) is 10.3. The summed E-state index contributed by atoms with van der Waals surface area (Å²) in [5.41, 5.74) is 8.12. The Hall–Kier alpha value is -3.14. The van der Waals surface area contributed by atoms with Crippen LogP contribution < -0.4 is 20.3 Å². The Kier molecular flexibility index (Phi) is 5.20. The van der Waals surface area contributed by atoms with Crippen molar-refractivity contribution in [3.05, 3.63) is 42.2 Å². The molecule has 0 spiro atoms. The molecule has 1 fully saturated rings. The molecular formula is C22H25N6O5P. The molecule has 3 aromatic rings. The Balaban J connectivity index is 1.12. The molecule has 0 amide bonds. The van der Waals surface area contributed by atoms with Crippen LogP contribution in [-0.2, 0) is 20.2 Å². The minimum atomic E-state index is -3.70. The van der Waals surface area contributed by atoms with Crippen LogP contribution in [0.1, 0.15) is 30.9 Å². The first-order chi connectivity index (χ1) is 16.5. The summed E-state index contributed by atoms with van der Waals surface area (Å²) in [6, 6.07) is 5.69. The van der Waals surface area contributed by atoms with E-state index in [1.807, 2.05) is 10.6 Å². The average Bonchev–Trinajstić information content (AvgIpc) is 3.35. The number of rotatable bonds is 7. The van der Waals surface area contributed by atoms with E-state index >= 15 is 0 Å². The van der Waals surface area contributed by atoms with Crippen LogP contribution in [0, 0.1) is 5.92 Å². The number of methoxy groups -OCH3 is 1. The SMILES string of the molecule is COc1ccc2c(c1)COP(=O)(OCC1C=CC(n3cnc4c(NC5CC5)nc(N)nc43)C1)O2. The van der Waals surface area contributed by atoms with E-state index in [-0.39, 0.29) is 31.1 Å². The predicted octanol–water partition coefficient (Wildman–Crippen LogP) is 3.84. The maximum absolute atomic E-state index is 13.0. The first-order valence-electron chi connectivity index (χ1n) is 11.2. The predicted molar refractivity (Wildman–Crippen MR) is 125 cm³/mol. The van der Waals surface area contributed by atoms with Crippen molar-refractivity contribution in [2.45, 2.75) is 38.0 Å². The molecule has 2 aliphatic carbocycles. The lowest BCUT2D eigenvalue weighted by Crippen LogP contribution is -2.14. The zero-order valence-corrected chi connectivity index (χ0v) is 19.5. The third kappa shape index (κ3) is 4.11. The van der Waals surface area contributed by atoms with Crippen molar-refractivity contribution in [1.29, 1.82) is 0 Å². The molecule has 178 valence electrons. The van der Waals surface area contributed by atoms with E-state index < -0.39 is 7.82 Å². The van der Waals surface area contributed by atoms with Gasteiger partial charge in [-0.05, 0) is 37.5 Å². The number of nitrogens with zero attached hydrogens (tertiary/aromatic N) is 4. The quantitative estimate of drug-likeness (QED) is 0.376. The van der Waals surface area contributed by atoms with E-state index in [1.165, 1.54) is 0 Å². The fourth-order valence-corrected chi connectivity index (χ4v) is 5.48. The van der Waals surface area contributed by atoms with Crippen LogP contribution in [0.15, 0.2) is 36.7 Å². The summed E-state index contributed by atoms with van der Waals surface area (Å²) in [7, 11) is -2.12. The molecule has 3 heterocycles. The molecular weight excluding hydrogens is 459 g/mol. The Morgan fingerprint density at radius 2 is 2.18 bits per heavy atom. The highest BCUT2D eigenvalue weighted by Crippen LogP contribution is 2.55. The molecule has 1 aromatic carbocycles. The summed E-state index contributed by atoms with van der Waals surface area (Å²) < 4.78 is 36.9. The highest BCUT2D eigenvalue weighted by molar-refractivity contribution is 7.49. The lowest BCUT2D eigenvalue weighted by atomic mass is 10.1. The van der Waals surface area contributed by atoms with Gasteiger partial charge in [0.2, 0.25) is 5.95 Å². The number of phosphoric acid groups is 1. The van der Waals surface area contributed by atoms with Gasteiger partial charge in [0.1, 0.15) is 11.5 Å². The van der Waals surface area contributed by atoms with Crippen molar-refractivity contribution < 1.29 is 22.9 Å². The van der Waals surface area contributed by atoms with Crippen molar-refractivity contribution in [1.82, 2.24) is 19.5 Å². The second-order valence-electron chi connectivity index (χ2n) is 8.70. The Morgan fingerprint density at radius 1 is 1.29 bits per heavy atom. The summed E-state index contributed by atoms with van der Waals surface area (Å²) in [5, 5.41) is 3.38. The Bertz CT molecular complexity index is 1320. The lowest BCUT2D eigenvalue weighted by molar-refractivity contribution is 0.124. The molecule has 3 aliphatic rings. The molecule has 3 unspecified atom stereocenters. The number of benzene rings is 1. The number of anilines is 2. The molecule has 0 saturated heterocycles. The summed E-state index contributed by atoms with van der Waals surface area (Å²) in [5.74, 6) is 2.07. The molecule has 3 atom stereocenters. The highest BCUT2D eigenvalue weighted by atomic mass is 31.2.